The van der Waals surface area contributed by atoms with Gasteiger partial charge >= 0.3 is 0 Å². The zero-order chi connectivity index (χ0) is 13.3. The normalized spacial score (nSPS) is 24.4. The lowest BCUT2D eigenvalue weighted by atomic mass is 9.85. The average Bonchev–Trinajstić information content (AvgIpc) is 2.42. The third-order valence-corrected chi connectivity index (χ3v) is 4.34. The Hall–Kier alpha value is -1.06. The lowest BCUT2D eigenvalue weighted by Crippen LogP contribution is -2.48. The number of aryl methyl sites for hydroxylation is 1. The molecule has 0 amide bonds. The van der Waals surface area contributed by atoms with Crippen LogP contribution in [0.15, 0.2) is 18.2 Å². The van der Waals surface area contributed by atoms with Crippen molar-refractivity contribution >= 4 is 0 Å². The second kappa shape index (κ2) is 5.14. The highest BCUT2D eigenvalue weighted by molar-refractivity contribution is 5.39. The SMILES string of the molecule is COc1ccc2c(c1)CCCC2NCC1(C)COC1. The van der Waals surface area contributed by atoms with Crippen LogP contribution in [0.3, 0.4) is 0 Å². The standard InChI is InChI=1S/C16H23NO2/c1-16(10-19-11-16)9-17-15-5-3-4-12-8-13(18-2)6-7-14(12)15/h6-8,15,17H,3-5,9-11H2,1-2H3. The zero-order valence-electron chi connectivity index (χ0n) is 11.9. The second-order valence-corrected chi connectivity index (χ2v) is 6.19. The number of benzene rings is 1. The quantitative estimate of drug-likeness (QED) is 0.904. The Balaban J connectivity index is 1.71. The van der Waals surface area contributed by atoms with Gasteiger partial charge in [-0.15, -0.1) is 0 Å². The maximum absolute atomic E-state index is 5.32. The van der Waals surface area contributed by atoms with Crippen LogP contribution < -0.4 is 10.1 Å². The van der Waals surface area contributed by atoms with Crippen molar-refractivity contribution in [1.29, 1.82) is 0 Å². The van der Waals surface area contributed by atoms with Crippen molar-refractivity contribution < 1.29 is 9.47 Å². The molecule has 0 aromatic heterocycles. The molecule has 0 saturated carbocycles. The molecule has 3 rings (SSSR count). The molecule has 3 nitrogen and oxygen atoms in total. The van der Waals surface area contributed by atoms with Crippen LogP contribution in [0, 0.1) is 5.41 Å². The molecule has 0 bridgehead atoms. The minimum atomic E-state index is 0.337. The summed E-state index contributed by atoms with van der Waals surface area (Å²) in [5, 5.41) is 3.74. The highest BCUT2D eigenvalue weighted by Gasteiger charge is 2.34. The zero-order valence-corrected chi connectivity index (χ0v) is 11.9. The van der Waals surface area contributed by atoms with E-state index in [2.05, 4.69) is 30.4 Å². The summed E-state index contributed by atoms with van der Waals surface area (Å²) in [6, 6.07) is 6.99. The number of ether oxygens (including phenoxy) is 2. The van der Waals surface area contributed by atoms with Crippen molar-refractivity contribution in [3.63, 3.8) is 0 Å². The van der Waals surface area contributed by atoms with Gasteiger partial charge < -0.3 is 14.8 Å². The number of fused-ring (bicyclic) bond motifs is 1. The molecule has 1 N–H and O–H groups in total. The van der Waals surface area contributed by atoms with Crippen molar-refractivity contribution in [3.8, 4) is 5.75 Å². The Morgan fingerprint density at radius 3 is 2.95 bits per heavy atom. The van der Waals surface area contributed by atoms with Gasteiger partial charge in [-0.05, 0) is 42.5 Å². The summed E-state index contributed by atoms with van der Waals surface area (Å²) in [5.41, 5.74) is 3.23. The van der Waals surface area contributed by atoms with E-state index in [1.807, 2.05) is 0 Å². The Morgan fingerprint density at radius 1 is 1.42 bits per heavy atom. The van der Waals surface area contributed by atoms with Gasteiger partial charge in [0.1, 0.15) is 5.75 Å². The molecule has 1 aromatic rings. The monoisotopic (exact) mass is 261 g/mol. The summed E-state index contributed by atoms with van der Waals surface area (Å²) in [6.07, 6.45) is 3.66. The molecule has 1 atom stereocenters. The molecule has 1 aliphatic heterocycles. The van der Waals surface area contributed by atoms with Gasteiger partial charge in [0, 0.05) is 18.0 Å². The number of rotatable bonds is 4. The van der Waals surface area contributed by atoms with E-state index in [0.29, 0.717) is 11.5 Å². The van der Waals surface area contributed by atoms with Crippen LogP contribution in [0.1, 0.15) is 36.9 Å². The first-order chi connectivity index (χ1) is 9.20. The Kier molecular flexibility index (Phi) is 3.50. The molecule has 1 fully saturated rings. The van der Waals surface area contributed by atoms with E-state index in [1.54, 1.807) is 7.11 Å². The fraction of sp³-hybridized carbons (Fsp3) is 0.625. The van der Waals surface area contributed by atoms with E-state index in [-0.39, 0.29) is 0 Å². The topological polar surface area (TPSA) is 30.5 Å². The van der Waals surface area contributed by atoms with Gasteiger partial charge in [-0.3, -0.25) is 0 Å². The molecule has 1 saturated heterocycles. The summed E-state index contributed by atoms with van der Waals surface area (Å²) in [5.74, 6) is 0.971. The molecule has 3 heteroatoms. The molecule has 1 aliphatic carbocycles. The highest BCUT2D eigenvalue weighted by Crippen LogP contribution is 2.33. The predicted molar refractivity (Wildman–Crippen MR) is 75.6 cm³/mol. The minimum absolute atomic E-state index is 0.337. The van der Waals surface area contributed by atoms with Crippen LogP contribution in [0.4, 0.5) is 0 Å². The Labute approximate surface area is 115 Å². The first-order valence-electron chi connectivity index (χ1n) is 7.18. The van der Waals surface area contributed by atoms with E-state index in [4.69, 9.17) is 9.47 Å². The molecule has 19 heavy (non-hydrogen) atoms. The molecule has 0 radical (unpaired) electrons. The Morgan fingerprint density at radius 2 is 2.26 bits per heavy atom. The lowest BCUT2D eigenvalue weighted by molar-refractivity contribution is -0.100. The fourth-order valence-electron chi connectivity index (χ4n) is 3.05. The van der Waals surface area contributed by atoms with Gasteiger partial charge in [-0.1, -0.05) is 13.0 Å². The van der Waals surface area contributed by atoms with Crippen LogP contribution >= 0.6 is 0 Å². The lowest BCUT2D eigenvalue weighted by Gasteiger charge is -2.40. The number of methoxy groups -OCH3 is 1. The third kappa shape index (κ3) is 2.63. The maximum atomic E-state index is 5.32. The average molecular weight is 261 g/mol. The van der Waals surface area contributed by atoms with E-state index in [1.165, 1.54) is 30.4 Å². The minimum Gasteiger partial charge on any atom is -0.497 e. The Bertz CT molecular complexity index is 454. The molecule has 1 aromatic carbocycles. The van der Waals surface area contributed by atoms with Gasteiger partial charge in [-0.2, -0.15) is 0 Å². The van der Waals surface area contributed by atoms with Crippen LogP contribution in [0.25, 0.3) is 0 Å². The van der Waals surface area contributed by atoms with Crippen LogP contribution in [-0.4, -0.2) is 26.9 Å². The summed E-state index contributed by atoms with van der Waals surface area (Å²) in [6.45, 7) is 5.12. The summed E-state index contributed by atoms with van der Waals surface area (Å²) in [7, 11) is 1.73. The van der Waals surface area contributed by atoms with Gasteiger partial charge in [0.2, 0.25) is 0 Å². The van der Waals surface area contributed by atoms with Gasteiger partial charge in [0.15, 0.2) is 0 Å². The van der Waals surface area contributed by atoms with Gasteiger partial charge in [-0.25, -0.2) is 0 Å². The first kappa shape index (κ1) is 12.9. The second-order valence-electron chi connectivity index (χ2n) is 6.19. The van der Waals surface area contributed by atoms with Crippen molar-refractivity contribution in [2.45, 2.75) is 32.2 Å². The molecule has 1 unspecified atom stereocenters. The smallest absolute Gasteiger partial charge is 0.119 e. The van der Waals surface area contributed by atoms with E-state index < -0.39 is 0 Å². The predicted octanol–water partition coefficient (Wildman–Crippen LogP) is 2.70. The van der Waals surface area contributed by atoms with Crippen LogP contribution in [-0.2, 0) is 11.2 Å². The number of nitrogens with one attached hydrogen (secondary N) is 1. The molecule has 2 aliphatic rings. The largest absolute Gasteiger partial charge is 0.497 e. The van der Waals surface area contributed by atoms with Crippen molar-refractivity contribution in [1.82, 2.24) is 5.32 Å². The number of hydrogen-bond donors (Lipinski definition) is 1. The maximum Gasteiger partial charge on any atom is 0.119 e. The molecule has 104 valence electrons. The highest BCUT2D eigenvalue weighted by atomic mass is 16.5. The van der Waals surface area contributed by atoms with E-state index in [0.717, 1.165) is 25.5 Å². The van der Waals surface area contributed by atoms with E-state index in [9.17, 15) is 0 Å². The molecular weight excluding hydrogens is 238 g/mol. The molecule has 1 heterocycles. The van der Waals surface area contributed by atoms with Crippen LogP contribution in [0.2, 0.25) is 0 Å². The molecular formula is C16H23NO2. The number of hydrogen-bond acceptors (Lipinski definition) is 3. The summed E-state index contributed by atoms with van der Waals surface area (Å²) < 4.78 is 10.6. The third-order valence-electron chi connectivity index (χ3n) is 4.34. The van der Waals surface area contributed by atoms with Crippen LogP contribution in [0.5, 0.6) is 5.75 Å². The first-order valence-corrected chi connectivity index (χ1v) is 7.18. The summed E-state index contributed by atoms with van der Waals surface area (Å²) in [4.78, 5) is 0. The van der Waals surface area contributed by atoms with E-state index >= 15 is 0 Å². The van der Waals surface area contributed by atoms with Crippen molar-refractivity contribution in [2.24, 2.45) is 5.41 Å². The van der Waals surface area contributed by atoms with Gasteiger partial charge in [0.05, 0.1) is 20.3 Å². The van der Waals surface area contributed by atoms with Gasteiger partial charge in [0.25, 0.3) is 0 Å². The van der Waals surface area contributed by atoms with Crippen molar-refractivity contribution in [2.75, 3.05) is 26.9 Å². The summed E-state index contributed by atoms with van der Waals surface area (Å²) >= 11 is 0. The fourth-order valence-corrected chi connectivity index (χ4v) is 3.05. The van der Waals surface area contributed by atoms with Crippen molar-refractivity contribution in [3.05, 3.63) is 29.3 Å². The molecule has 0 spiro atoms.